The quantitative estimate of drug-likeness (QED) is 0.549. The summed E-state index contributed by atoms with van der Waals surface area (Å²) in [5.74, 6) is 0.780. The first-order chi connectivity index (χ1) is 14.5. The van der Waals surface area contributed by atoms with Gasteiger partial charge in [0.05, 0.1) is 17.2 Å². The van der Waals surface area contributed by atoms with E-state index in [2.05, 4.69) is 5.32 Å². The molecule has 1 fully saturated rings. The summed E-state index contributed by atoms with van der Waals surface area (Å²) in [6, 6.07) is 12.3. The molecule has 0 unspecified atom stereocenters. The molecule has 0 spiro atoms. The number of hydrogen-bond donors (Lipinski definition) is 1. The molecule has 6 nitrogen and oxygen atoms in total. The van der Waals surface area contributed by atoms with Crippen LogP contribution in [0.4, 0.5) is 5.69 Å². The van der Waals surface area contributed by atoms with Gasteiger partial charge in [-0.2, -0.15) is 0 Å². The molecule has 1 N–H and O–H groups in total. The Labute approximate surface area is 188 Å². The molecule has 2 aliphatic heterocycles. The van der Waals surface area contributed by atoms with Crippen LogP contribution in [0.3, 0.4) is 0 Å². The minimum atomic E-state index is -0.222. The molecule has 2 amide bonds. The largest absolute Gasteiger partial charge is 0.491 e. The third-order valence-electron chi connectivity index (χ3n) is 4.47. The molecule has 2 aromatic rings. The third-order valence-corrected chi connectivity index (χ3v) is 5.89. The van der Waals surface area contributed by atoms with Gasteiger partial charge in [0.1, 0.15) is 15.8 Å². The van der Waals surface area contributed by atoms with E-state index in [1.54, 1.807) is 35.2 Å². The Morgan fingerprint density at radius 2 is 2.10 bits per heavy atom. The summed E-state index contributed by atoms with van der Waals surface area (Å²) in [5, 5.41) is 3.20. The SMILES string of the molecule is O=C1NC(=S)SC1=Cc1ccc2c(c1)N(C(=O)COc1ccc(Cl)cc1)CCCO2. The van der Waals surface area contributed by atoms with Crippen LogP contribution in [0.5, 0.6) is 11.5 Å². The van der Waals surface area contributed by atoms with Gasteiger partial charge < -0.3 is 19.7 Å². The van der Waals surface area contributed by atoms with E-state index in [4.69, 9.17) is 33.3 Å². The highest BCUT2D eigenvalue weighted by molar-refractivity contribution is 8.26. The monoisotopic (exact) mass is 460 g/mol. The Bertz CT molecular complexity index is 1040. The van der Waals surface area contributed by atoms with E-state index < -0.39 is 0 Å². The van der Waals surface area contributed by atoms with Crippen molar-refractivity contribution < 1.29 is 19.1 Å². The molecule has 0 radical (unpaired) electrons. The second-order valence-electron chi connectivity index (χ2n) is 6.57. The summed E-state index contributed by atoms with van der Waals surface area (Å²) in [5.41, 5.74) is 1.43. The average Bonchev–Trinajstić information content (AvgIpc) is 2.92. The fraction of sp³-hybridized carbons (Fsp3) is 0.190. The van der Waals surface area contributed by atoms with Crippen LogP contribution in [-0.2, 0) is 9.59 Å². The number of nitrogens with one attached hydrogen (secondary N) is 1. The van der Waals surface area contributed by atoms with Crippen LogP contribution < -0.4 is 19.7 Å². The van der Waals surface area contributed by atoms with Gasteiger partial charge in [-0.1, -0.05) is 41.6 Å². The molecule has 0 aromatic heterocycles. The van der Waals surface area contributed by atoms with Gasteiger partial charge in [0.25, 0.3) is 11.8 Å². The zero-order valence-corrected chi connectivity index (χ0v) is 18.1. The van der Waals surface area contributed by atoms with Crippen LogP contribution >= 0.6 is 35.6 Å². The molecule has 30 heavy (non-hydrogen) atoms. The van der Waals surface area contributed by atoms with Crippen molar-refractivity contribution in [2.75, 3.05) is 24.7 Å². The van der Waals surface area contributed by atoms with E-state index in [9.17, 15) is 9.59 Å². The van der Waals surface area contributed by atoms with E-state index in [1.165, 1.54) is 11.8 Å². The standard InChI is InChI=1S/C21H17ClN2O4S2/c22-14-3-5-15(6-4-14)28-12-19(25)24-8-1-9-27-17-7-2-13(10-16(17)24)11-18-20(26)23-21(29)30-18/h2-7,10-11H,1,8-9,12H2,(H,23,26,29). The van der Waals surface area contributed by atoms with Crippen LogP contribution in [0.1, 0.15) is 12.0 Å². The Kier molecular flexibility index (Phi) is 6.26. The van der Waals surface area contributed by atoms with E-state index in [1.807, 2.05) is 18.2 Å². The van der Waals surface area contributed by atoms with Gasteiger partial charge in [-0.25, -0.2) is 0 Å². The summed E-state index contributed by atoms with van der Waals surface area (Å²) in [7, 11) is 0. The normalized spacial score (nSPS) is 17.2. The highest BCUT2D eigenvalue weighted by Gasteiger charge is 2.25. The van der Waals surface area contributed by atoms with Crippen molar-refractivity contribution in [2.24, 2.45) is 0 Å². The zero-order valence-electron chi connectivity index (χ0n) is 15.7. The van der Waals surface area contributed by atoms with Gasteiger partial charge in [0.2, 0.25) is 0 Å². The minimum absolute atomic E-state index is 0.112. The molecule has 0 atom stereocenters. The van der Waals surface area contributed by atoms with Gasteiger partial charge >= 0.3 is 0 Å². The average molecular weight is 461 g/mol. The van der Waals surface area contributed by atoms with Crippen LogP contribution in [0.2, 0.25) is 5.02 Å². The molecule has 2 aliphatic rings. The Hall–Kier alpha value is -2.55. The number of thioether (sulfide) groups is 1. The topological polar surface area (TPSA) is 67.9 Å². The van der Waals surface area contributed by atoms with Crippen molar-refractivity contribution in [1.29, 1.82) is 0 Å². The summed E-state index contributed by atoms with van der Waals surface area (Å²) >= 11 is 12.1. The van der Waals surface area contributed by atoms with Crippen molar-refractivity contribution in [3.8, 4) is 11.5 Å². The number of carbonyl (C=O) groups is 2. The van der Waals surface area contributed by atoms with Crippen molar-refractivity contribution >= 4 is 63.5 Å². The van der Waals surface area contributed by atoms with Crippen molar-refractivity contribution in [3.05, 3.63) is 58.0 Å². The minimum Gasteiger partial charge on any atom is -0.491 e. The number of ether oxygens (including phenoxy) is 2. The smallest absolute Gasteiger partial charge is 0.265 e. The first kappa shape index (κ1) is 20.7. The van der Waals surface area contributed by atoms with E-state index in [0.717, 1.165) is 5.56 Å². The number of carbonyl (C=O) groups excluding carboxylic acids is 2. The molecule has 2 aromatic carbocycles. The van der Waals surface area contributed by atoms with Gasteiger partial charge in [-0.05, 0) is 54.5 Å². The molecule has 0 bridgehead atoms. The number of rotatable bonds is 4. The second-order valence-corrected chi connectivity index (χ2v) is 8.72. The first-order valence-corrected chi connectivity index (χ1v) is 10.8. The first-order valence-electron chi connectivity index (χ1n) is 9.20. The van der Waals surface area contributed by atoms with E-state index in [-0.39, 0.29) is 18.4 Å². The number of anilines is 1. The Morgan fingerprint density at radius 1 is 1.30 bits per heavy atom. The van der Waals surface area contributed by atoms with Crippen LogP contribution in [0.25, 0.3) is 6.08 Å². The second kappa shape index (κ2) is 9.07. The number of nitrogens with zero attached hydrogens (tertiary/aromatic N) is 1. The lowest BCUT2D eigenvalue weighted by atomic mass is 10.1. The Morgan fingerprint density at radius 3 is 2.83 bits per heavy atom. The lowest BCUT2D eigenvalue weighted by Crippen LogP contribution is -2.35. The predicted molar refractivity (Wildman–Crippen MR) is 122 cm³/mol. The summed E-state index contributed by atoms with van der Waals surface area (Å²) in [4.78, 5) is 27.0. The third kappa shape index (κ3) is 4.77. The number of halogens is 1. The lowest BCUT2D eigenvalue weighted by molar-refractivity contribution is -0.120. The maximum absolute atomic E-state index is 12.9. The molecular weight excluding hydrogens is 444 g/mol. The number of fused-ring (bicyclic) bond motifs is 1. The number of benzene rings is 2. The fourth-order valence-electron chi connectivity index (χ4n) is 3.07. The van der Waals surface area contributed by atoms with Crippen molar-refractivity contribution in [2.45, 2.75) is 6.42 Å². The van der Waals surface area contributed by atoms with E-state index in [0.29, 0.717) is 51.0 Å². The van der Waals surface area contributed by atoms with Crippen LogP contribution in [-0.4, -0.2) is 35.9 Å². The van der Waals surface area contributed by atoms with Gasteiger partial charge in [0, 0.05) is 11.6 Å². The molecule has 2 heterocycles. The highest BCUT2D eigenvalue weighted by Crippen LogP contribution is 2.34. The maximum Gasteiger partial charge on any atom is 0.265 e. The highest BCUT2D eigenvalue weighted by atomic mass is 35.5. The van der Waals surface area contributed by atoms with Crippen molar-refractivity contribution in [1.82, 2.24) is 5.32 Å². The van der Waals surface area contributed by atoms with Crippen LogP contribution in [0, 0.1) is 0 Å². The molecule has 154 valence electrons. The summed E-state index contributed by atoms with van der Waals surface area (Å²) in [6.07, 6.45) is 2.45. The molecule has 4 rings (SSSR count). The van der Waals surface area contributed by atoms with Gasteiger partial charge in [-0.3, -0.25) is 9.59 Å². The zero-order chi connectivity index (χ0) is 21.1. The molecule has 1 saturated heterocycles. The lowest BCUT2D eigenvalue weighted by Gasteiger charge is -2.22. The molecular formula is C21H17ClN2O4S2. The predicted octanol–water partition coefficient (Wildman–Crippen LogP) is 4.02. The summed E-state index contributed by atoms with van der Waals surface area (Å²) in [6.45, 7) is 0.913. The number of amides is 2. The molecule has 9 heteroatoms. The summed E-state index contributed by atoms with van der Waals surface area (Å²) < 4.78 is 11.8. The molecule has 0 saturated carbocycles. The maximum atomic E-state index is 12.9. The van der Waals surface area contributed by atoms with Gasteiger partial charge in [0.15, 0.2) is 6.61 Å². The van der Waals surface area contributed by atoms with Crippen LogP contribution in [0.15, 0.2) is 47.4 Å². The molecule has 0 aliphatic carbocycles. The van der Waals surface area contributed by atoms with E-state index >= 15 is 0 Å². The number of hydrogen-bond acceptors (Lipinski definition) is 6. The Balaban J connectivity index is 1.55. The fourth-order valence-corrected chi connectivity index (χ4v) is 4.24. The van der Waals surface area contributed by atoms with Gasteiger partial charge in [-0.15, -0.1) is 0 Å². The number of thiocarbonyl (C=S) groups is 1. The van der Waals surface area contributed by atoms with Crippen molar-refractivity contribution in [3.63, 3.8) is 0 Å².